The number of nitrogens with zero attached hydrogens (tertiary/aromatic N) is 1. The Kier molecular flexibility index (Phi) is 6.79. The average Bonchev–Trinajstić information content (AvgIpc) is 2.84. The van der Waals surface area contributed by atoms with Gasteiger partial charge in [-0.25, -0.2) is 8.42 Å². The van der Waals surface area contributed by atoms with Crippen molar-refractivity contribution in [2.45, 2.75) is 32.2 Å². The van der Waals surface area contributed by atoms with Crippen molar-refractivity contribution in [3.63, 3.8) is 0 Å². The number of amides is 1. The predicted molar refractivity (Wildman–Crippen MR) is 131 cm³/mol. The fourth-order valence-corrected chi connectivity index (χ4v) is 4.89. The van der Waals surface area contributed by atoms with E-state index < -0.39 is 10.0 Å². The lowest BCUT2D eigenvalue weighted by molar-refractivity contribution is 0.0749. The SMILES string of the molecule is CCN(Cc1cccc2c1OCCO2)C(=O)c1ccc(NS(=O)(=O)c2ccc(C)c(C)c2)cc1. The van der Waals surface area contributed by atoms with Crippen LogP contribution < -0.4 is 14.2 Å². The maximum atomic E-state index is 13.2. The first-order chi connectivity index (χ1) is 16.3. The van der Waals surface area contributed by atoms with Gasteiger partial charge in [0.2, 0.25) is 0 Å². The Labute approximate surface area is 200 Å². The van der Waals surface area contributed by atoms with Crippen LogP contribution in [-0.2, 0) is 16.6 Å². The van der Waals surface area contributed by atoms with E-state index in [9.17, 15) is 13.2 Å². The molecule has 34 heavy (non-hydrogen) atoms. The molecule has 4 rings (SSSR count). The Hall–Kier alpha value is -3.52. The molecule has 8 heteroatoms. The molecule has 0 saturated carbocycles. The molecule has 1 heterocycles. The Bertz CT molecular complexity index is 1300. The lowest BCUT2D eigenvalue weighted by Gasteiger charge is -2.25. The number of nitrogens with one attached hydrogen (secondary N) is 1. The Balaban J connectivity index is 1.48. The number of anilines is 1. The van der Waals surface area contributed by atoms with Crippen molar-refractivity contribution in [2.24, 2.45) is 0 Å². The zero-order valence-electron chi connectivity index (χ0n) is 19.5. The number of rotatable bonds is 7. The molecule has 1 N–H and O–H groups in total. The minimum Gasteiger partial charge on any atom is -0.486 e. The monoisotopic (exact) mass is 480 g/mol. The second-order valence-electron chi connectivity index (χ2n) is 8.19. The smallest absolute Gasteiger partial charge is 0.261 e. The van der Waals surface area contributed by atoms with E-state index in [0.29, 0.717) is 49.1 Å². The first-order valence-electron chi connectivity index (χ1n) is 11.2. The molecule has 0 saturated heterocycles. The molecule has 0 fully saturated rings. The molecule has 1 aliphatic rings. The van der Waals surface area contributed by atoms with E-state index in [1.165, 1.54) is 0 Å². The van der Waals surface area contributed by atoms with Gasteiger partial charge < -0.3 is 14.4 Å². The van der Waals surface area contributed by atoms with Crippen LogP contribution in [0.1, 0.15) is 34.0 Å². The highest BCUT2D eigenvalue weighted by molar-refractivity contribution is 7.92. The average molecular weight is 481 g/mol. The third kappa shape index (κ3) is 5.02. The summed E-state index contributed by atoms with van der Waals surface area (Å²) in [6.07, 6.45) is 0. The summed E-state index contributed by atoms with van der Waals surface area (Å²) in [5.41, 5.74) is 3.67. The number of carbonyl (C=O) groups excluding carboxylic acids is 1. The van der Waals surface area contributed by atoms with E-state index in [4.69, 9.17) is 9.47 Å². The van der Waals surface area contributed by atoms with Crippen molar-refractivity contribution >= 4 is 21.6 Å². The van der Waals surface area contributed by atoms with Gasteiger partial charge in [-0.1, -0.05) is 18.2 Å². The number of sulfonamides is 1. The summed E-state index contributed by atoms with van der Waals surface area (Å²) in [5, 5.41) is 0. The third-order valence-electron chi connectivity index (χ3n) is 5.85. The quantitative estimate of drug-likeness (QED) is 0.537. The minimum absolute atomic E-state index is 0.152. The first kappa shape index (κ1) is 23.6. The molecule has 0 bridgehead atoms. The highest BCUT2D eigenvalue weighted by Gasteiger charge is 2.21. The fraction of sp³-hybridized carbons (Fsp3) is 0.269. The number of aryl methyl sites for hydroxylation is 2. The molecule has 178 valence electrons. The normalized spacial score (nSPS) is 12.8. The van der Waals surface area contributed by atoms with Gasteiger partial charge in [-0.05, 0) is 74.4 Å². The summed E-state index contributed by atoms with van der Waals surface area (Å²) in [7, 11) is -3.73. The summed E-state index contributed by atoms with van der Waals surface area (Å²) >= 11 is 0. The van der Waals surface area contributed by atoms with Gasteiger partial charge >= 0.3 is 0 Å². The molecule has 3 aromatic carbocycles. The Morgan fingerprint density at radius 3 is 2.41 bits per heavy atom. The van der Waals surface area contributed by atoms with E-state index >= 15 is 0 Å². The van der Waals surface area contributed by atoms with Crippen molar-refractivity contribution in [1.29, 1.82) is 0 Å². The van der Waals surface area contributed by atoms with Crippen molar-refractivity contribution in [3.05, 3.63) is 82.9 Å². The molecular weight excluding hydrogens is 452 g/mol. The van der Waals surface area contributed by atoms with Crippen LogP contribution in [0.5, 0.6) is 11.5 Å². The van der Waals surface area contributed by atoms with Gasteiger partial charge in [0, 0.05) is 29.9 Å². The van der Waals surface area contributed by atoms with Crippen LogP contribution in [0.25, 0.3) is 0 Å². The summed E-state index contributed by atoms with van der Waals surface area (Å²) in [6.45, 7) is 7.58. The second-order valence-corrected chi connectivity index (χ2v) is 9.87. The summed E-state index contributed by atoms with van der Waals surface area (Å²) in [5.74, 6) is 1.21. The standard InChI is InChI=1S/C26H28N2O5S/c1-4-28(17-21-6-5-7-24-25(21)33-15-14-32-24)26(29)20-9-11-22(12-10-20)27-34(30,31)23-13-8-18(2)19(3)16-23/h5-13,16,27H,4,14-15,17H2,1-3H3. The number of fused-ring (bicyclic) bond motifs is 1. The minimum atomic E-state index is -3.73. The van der Waals surface area contributed by atoms with Crippen LogP contribution in [0.2, 0.25) is 0 Å². The van der Waals surface area contributed by atoms with E-state index in [-0.39, 0.29) is 10.8 Å². The lowest BCUT2D eigenvalue weighted by atomic mass is 10.1. The maximum absolute atomic E-state index is 13.2. The van der Waals surface area contributed by atoms with Crippen LogP contribution >= 0.6 is 0 Å². The van der Waals surface area contributed by atoms with Crippen molar-refractivity contribution < 1.29 is 22.7 Å². The van der Waals surface area contributed by atoms with Crippen molar-refractivity contribution in [1.82, 2.24) is 4.90 Å². The predicted octanol–water partition coefficient (Wildman–Crippen LogP) is 4.54. The molecule has 0 aliphatic carbocycles. The van der Waals surface area contributed by atoms with Gasteiger partial charge in [0.1, 0.15) is 13.2 Å². The molecule has 1 aliphatic heterocycles. The molecule has 0 unspecified atom stereocenters. The van der Waals surface area contributed by atoms with Gasteiger partial charge in [-0.3, -0.25) is 9.52 Å². The van der Waals surface area contributed by atoms with E-state index in [2.05, 4.69) is 4.72 Å². The fourth-order valence-electron chi connectivity index (χ4n) is 3.75. The summed E-state index contributed by atoms with van der Waals surface area (Å²) < 4.78 is 39.5. The van der Waals surface area contributed by atoms with Crippen molar-refractivity contribution in [2.75, 3.05) is 24.5 Å². The Morgan fingerprint density at radius 2 is 1.71 bits per heavy atom. The number of ether oxygens (including phenoxy) is 2. The van der Waals surface area contributed by atoms with Gasteiger partial charge in [-0.15, -0.1) is 0 Å². The van der Waals surface area contributed by atoms with Gasteiger partial charge in [0.15, 0.2) is 11.5 Å². The van der Waals surface area contributed by atoms with Crippen LogP contribution in [0, 0.1) is 13.8 Å². The number of benzene rings is 3. The van der Waals surface area contributed by atoms with E-state index in [0.717, 1.165) is 16.7 Å². The first-order valence-corrected chi connectivity index (χ1v) is 12.6. The molecular formula is C26H28N2O5S. The second kappa shape index (κ2) is 9.77. The maximum Gasteiger partial charge on any atom is 0.261 e. The van der Waals surface area contributed by atoms with Gasteiger partial charge in [0.25, 0.3) is 15.9 Å². The molecule has 0 aromatic heterocycles. The molecule has 3 aromatic rings. The van der Waals surface area contributed by atoms with Crippen LogP contribution in [0.15, 0.2) is 65.6 Å². The Morgan fingerprint density at radius 1 is 0.971 bits per heavy atom. The zero-order valence-corrected chi connectivity index (χ0v) is 20.3. The lowest BCUT2D eigenvalue weighted by Crippen LogP contribution is -2.31. The van der Waals surface area contributed by atoms with Gasteiger partial charge in [0.05, 0.1) is 4.90 Å². The zero-order chi connectivity index (χ0) is 24.3. The highest BCUT2D eigenvalue weighted by atomic mass is 32.2. The molecule has 0 atom stereocenters. The largest absolute Gasteiger partial charge is 0.486 e. The third-order valence-corrected chi connectivity index (χ3v) is 7.23. The van der Waals surface area contributed by atoms with Crippen LogP contribution in [0.4, 0.5) is 5.69 Å². The van der Waals surface area contributed by atoms with Crippen LogP contribution in [0.3, 0.4) is 0 Å². The molecule has 0 radical (unpaired) electrons. The van der Waals surface area contributed by atoms with E-state index in [1.807, 2.05) is 39.0 Å². The van der Waals surface area contributed by atoms with Crippen LogP contribution in [-0.4, -0.2) is 39.0 Å². The molecule has 1 amide bonds. The molecule has 7 nitrogen and oxygen atoms in total. The molecule has 0 spiro atoms. The summed E-state index contributed by atoms with van der Waals surface area (Å²) in [4.78, 5) is 15.1. The number of para-hydroxylation sites is 1. The summed E-state index contributed by atoms with van der Waals surface area (Å²) in [6, 6.07) is 17.1. The van der Waals surface area contributed by atoms with Gasteiger partial charge in [-0.2, -0.15) is 0 Å². The number of carbonyl (C=O) groups is 1. The van der Waals surface area contributed by atoms with E-state index in [1.54, 1.807) is 47.4 Å². The highest BCUT2D eigenvalue weighted by Crippen LogP contribution is 2.34. The number of hydrogen-bond acceptors (Lipinski definition) is 5. The topological polar surface area (TPSA) is 84.9 Å². The number of hydrogen-bond donors (Lipinski definition) is 1. The van der Waals surface area contributed by atoms with Crippen molar-refractivity contribution in [3.8, 4) is 11.5 Å².